The maximum absolute atomic E-state index is 12.3. The number of aliphatic hydroxyl groups excluding tert-OH is 1. The number of halogens is 1. The molecule has 92 valence electrons. The number of benzene rings is 1. The van der Waals surface area contributed by atoms with Crippen LogP contribution in [0, 0.1) is 5.92 Å². The minimum absolute atomic E-state index is 0.0422. The number of carbonyl (C=O) groups is 1. The van der Waals surface area contributed by atoms with Crippen LogP contribution in [-0.2, 0) is 0 Å². The third-order valence-corrected chi connectivity index (χ3v) is 3.99. The molecule has 1 aliphatic rings. The first kappa shape index (κ1) is 12.6. The Balaban J connectivity index is 2.10. The molecule has 3 nitrogen and oxygen atoms in total. The lowest BCUT2D eigenvalue weighted by Crippen LogP contribution is -2.30. The highest BCUT2D eigenvalue weighted by atomic mass is 79.9. The zero-order valence-corrected chi connectivity index (χ0v) is 11.4. The smallest absolute Gasteiger partial charge is 0.255 e. The minimum Gasteiger partial charge on any atom is -0.393 e. The third-order valence-electron chi connectivity index (χ3n) is 3.30. The van der Waals surface area contributed by atoms with Gasteiger partial charge in [0.2, 0.25) is 0 Å². The summed E-state index contributed by atoms with van der Waals surface area (Å²) in [6, 6.07) is 7.45. The fraction of sp³-hybridized carbons (Fsp3) is 0.462. The fourth-order valence-electron chi connectivity index (χ4n) is 2.17. The molecule has 0 radical (unpaired) electrons. The van der Waals surface area contributed by atoms with Crippen molar-refractivity contribution < 1.29 is 9.90 Å². The average molecular weight is 298 g/mol. The normalized spacial score (nSPS) is 21.6. The van der Waals surface area contributed by atoms with Crippen molar-refractivity contribution in [3.8, 4) is 0 Å². The standard InChI is InChI=1S/C13H16BrNO2/c1-9(16)10-6-7-15(8-10)13(17)11-4-2-3-5-12(11)14/h2-5,9-10,16H,6-8H2,1H3. The van der Waals surface area contributed by atoms with Crippen molar-refractivity contribution in [1.82, 2.24) is 4.90 Å². The first-order valence-corrected chi connectivity index (χ1v) is 6.60. The van der Waals surface area contributed by atoms with E-state index in [4.69, 9.17) is 0 Å². The Bertz CT molecular complexity index is 420. The quantitative estimate of drug-likeness (QED) is 0.910. The molecule has 1 aromatic carbocycles. The van der Waals surface area contributed by atoms with Gasteiger partial charge in [0.05, 0.1) is 11.7 Å². The van der Waals surface area contributed by atoms with Gasteiger partial charge in [0, 0.05) is 23.5 Å². The Morgan fingerprint density at radius 2 is 2.24 bits per heavy atom. The van der Waals surface area contributed by atoms with E-state index in [1.54, 1.807) is 6.92 Å². The number of rotatable bonds is 2. The van der Waals surface area contributed by atoms with Gasteiger partial charge in [-0.25, -0.2) is 0 Å². The van der Waals surface area contributed by atoms with Gasteiger partial charge >= 0.3 is 0 Å². The Hall–Kier alpha value is -0.870. The Kier molecular flexibility index (Phi) is 3.84. The zero-order chi connectivity index (χ0) is 12.4. The summed E-state index contributed by atoms with van der Waals surface area (Å²) < 4.78 is 0.825. The third kappa shape index (κ3) is 2.69. The number of hydrogen-bond donors (Lipinski definition) is 1. The van der Waals surface area contributed by atoms with Crippen LogP contribution in [0.2, 0.25) is 0 Å². The molecule has 0 saturated carbocycles. The number of hydrogen-bond acceptors (Lipinski definition) is 2. The summed E-state index contributed by atoms with van der Waals surface area (Å²) in [5.41, 5.74) is 0.693. The fourth-order valence-corrected chi connectivity index (χ4v) is 2.62. The Labute approximate surface area is 110 Å². The summed E-state index contributed by atoms with van der Waals surface area (Å²) in [6.45, 7) is 3.17. The summed E-state index contributed by atoms with van der Waals surface area (Å²) in [5.74, 6) is 0.252. The van der Waals surface area contributed by atoms with Gasteiger partial charge in [0.25, 0.3) is 5.91 Å². The molecule has 1 heterocycles. The van der Waals surface area contributed by atoms with Crippen LogP contribution in [0.25, 0.3) is 0 Å². The molecule has 1 aromatic rings. The van der Waals surface area contributed by atoms with Crippen molar-refractivity contribution in [2.24, 2.45) is 5.92 Å². The van der Waals surface area contributed by atoms with Crippen molar-refractivity contribution in [1.29, 1.82) is 0 Å². The van der Waals surface area contributed by atoms with Crippen molar-refractivity contribution in [3.63, 3.8) is 0 Å². The molecule has 0 bridgehead atoms. The summed E-state index contributed by atoms with van der Waals surface area (Å²) in [7, 11) is 0. The molecule has 0 aliphatic carbocycles. The van der Waals surface area contributed by atoms with Crippen LogP contribution in [0.4, 0.5) is 0 Å². The lowest BCUT2D eigenvalue weighted by atomic mass is 10.0. The molecule has 2 rings (SSSR count). The van der Waals surface area contributed by atoms with E-state index in [9.17, 15) is 9.90 Å². The molecular weight excluding hydrogens is 282 g/mol. The maximum Gasteiger partial charge on any atom is 0.255 e. The predicted octanol–water partition coefficient (Wildman–Crippen LogP) is 2.29. The number of amides is 1. The molecule has 0 aromatic heterocycles. The predicted molar refractivity (Wildman–Crippen MR) is 69.8 cm³/mol. The summed E-state index contributed by atoms with van der Waals surface area (Å²) in [4.78, 5) is 14.1. The lowest BCUT2D eigenvalue weighted by Gasteiger charge is -2.18. The van der Waals surface area contributed by atoms with Gasteiger partial charge in [0.15, 0.2) is 0 Å². The van der Waals surface area contributed by atoms with Crippen molar-refractivity contribution in [3.05, 3.63) is 34.3 Å². The van der Waals surface area contributed by atoms with Crippen LogP contribution in [0.15, 0.2) is 28.7 Å². The largest absolute Gasteiger partial charge is 0.393 e. The second-order valence-electron chi connectivity index (χ2n) is 4.52. The van der Waals surface area contributed by atoms with E-state index < -0.39 is 0 Å². The van der Waals surface area contributed by atoms with E-state index >= 15 is 0 Å². The molecule has 1 saturated heterocycles. The molecule has 1 N–H and O–H groups in total. The van der Waals surface area contributed by atoms with E-state index in [0.717, 1.165) is 17.4 Å². The Morgan fingerprint density at radius 1 is 1.53 bits per heavy atom. The molecular formula is C13H16BrNO2. The van der Waals surface area contributed by atoms with Crippen LogP contribution < -0.4 is 0 Å². The van der Waals surface area contributed by atoms with E-state index in [1.807, 2.05) is 29.2 Å². The molecule has 1 fully saturated rings. The topological polar surface area (TPSA) is 40.5 Å². The number of likely N-dealkylation sites (tertiary alicyclic amines) is 1. The van der Waals surface area contributed by atoms with Crippen LogP contribution in [0.5, 0.6) is 0 Å². The first-order valence-electron chi connectivity index (χ1n) is 5.81. The highest BCUT2D eigenvalue weighted by Crippen LogP contribution is 2.24. The maximum atomic E-state index is 12.3. The molecule has 2 atom stereocenters. The van der Waals surface area contributed by atoms with Gasteiger partial charge < -0.3 is 10.0 Å². The van der Waals surface area contributed by atoms with Gasteiger partial charge in [0.1, 0.15) is 0 Å². The minimum atomic E-state index is -0.341. The first-order chi connectivity index (χ1) is 8.09. The molecule has 17 heavy (non-hydrogen) atoms. The highest BCUT2D eigenvalue weighted by molar-refractivity contribution is 9.10. The van der Waals surface area contributed by atoms with Crippen molar-refractivity contribution in [2.45, 2.75) is 19.4 Å². The average Bonchev–Trinajstić information content (AvgIpc) is 2.78. The van der Waals surface area contributed by atoms with E-state index in [1.165, 1.54) is 0 Å². The number of aliphatic hydroxyl groups is 1. The van der Waals surface area contributed by atoms with Crippen LogP contribution >= 0.6 is 15.9 Å². The van der Waals surface area contributed by atoms with E-state index in [-0.39, 0.29) is 17.9 Å². The lowest BCUT2D eigenvalue weighted by molar-refractivity contribution is 0.0761. The van der Waals surface area contributed by atoms with Crippen LogP contribution in [-0.4, -0.2) is 35.1 Å². The summed E-state index contributed by atoms with van der Waals surface area (Å²) >= 11 is 3.39. The molecule has 1 aliphatic heterocycles. The summed E-state index contributed by atoms with van der Waals surface area (Å²) in [5, 5.41) is 9.53. The molecule has 0 spiro atoms. The van der Waals surface area contributed by atoms with Gasteiger partial charge in [-0.2, -0.15) is 0 Å². The SMILES string of the molecule is CC(O)C1CCN(C(=O)c2ccccc2Br)C1. The van der Waals surface area contributed by atoms with Crippen molar-refractivity contribution >= 4 is 21.8 Å². The second kappa shape index (κ2) is 5.19. The number of nitrogens with zero attached hydrogens (tertiary/aromatic N) is 1. The van der Waals surface area contributed by atoms with E-state index in [0.29, 0.717) is 12.1 Å². The van der Waals surface area contributed by atoms with Crippen LogP contribution in [0.3, 0.4) is 0 Å². The molecule has 4 heteroatoms. The zero-order valence-electron chi connectivity index (χ0n) is 9.77. The highest BCUT2D eigenvalue weighted by Gasteiger charge is 2.30. The Morgan fingerprint density at radius 3 is 2.82 bits per heavy atom. The number of carbonyl (C=O) groups excluding carboxylic acids is 1. The van der Waals surface area contributed by atoms with Gasteiger partial charge in [-0.15, -0.1) is 0 Å². The monoisotopic (exact) mass is 297 g/mol. The second-order valence-corrected chi connectivity index (χ2v) is 5.37. The van der Waals surface area contributed by atoms with E-state index in [2.05, 4.69) is 15.9 Å². The van der Waals surface area contributed by atoms with Gasteiger partial charge in [-0.05, 0) is 41.4 Å². The van der Waals surface area contributed by atoms with Gasteiger partial charge in [-0.3, -0.25) is 4.79 Å². The summed E-state index contributed by atoms with van der Waals surface area (Å²) in [6.07, 6.45) is 0.542. The van der Waals surface area contributed by atoms with Crippen LogP contribution in [0.1, 0.15) is 23.7 Å². The molecule has 2 unspecified atom stereocenters. The van der Waals surface area contributed by atoms with Gasteiger partial charge in [-0.1, -0.05) is 12.1 Å². The molecule has 1 amide bonds. The van der Waals surface area contributed by atoms with Crippen molar-refractivity contribution in [2.75, 3.05) is 13.1 Å².